The summed E-state index contributed by atoms with van der Waals surface area (Å²) in [6.07, 6.45) is 37.3. The first-order chi connectivity index (χ1) is 29.8. The number of unbranched alkanes of at least 4 members (excludes halogenated alkanes) is 34. The summed E-state index contributed by atoms with van der Waals surface area (Å²) in [6, 6.07) is -0.888. The van der Waals surface area contributed by atoms with E-state index >= 15 is 0 Å². The number of carbonyl (C=O) groups is 1. The molecule has 0 saturated carbocycles. The van der Waals surface area contributed by atoms with E-state index in [9.17, 15) is 35.4 Å². The number of hydrogen-bond donors (Lipinski definition) is 7. The second kappa shape index (κ2) is 41.8. The molecule has 364 valence electrons. The minimum atomic E-state index is -1.59. The van der Waals surface area contributed by atoms with Gasteiger partial charge in [-0.2, -0.15) is 0 Å². The Labute approximate surface area is 375 Å². The smallest absolute Gasteiger partial charge is 0.249 e. The highest BCUT2D eigenvalue weighted by molar-refractivity contribution is 5.80. The summed E-state index contributed by atoms with van der Waals surface area (Å²) in [7, 11) is 0. The number of nitrogens with one attached hydrogen (secondary N) is 1. The molecule has 1 amide bonds. The van der Waals surface area contributed by atoms with Crippen LogP contribution in [0.5, 0.6) is 0 Å². The predicted octanol–water partition coefficient (Wildman–Crippen LogP) is 10.9. The maximum atomic E-state index is 13.1. The van der Waals surface area contributed by atoms with Crippen molar-refractivity contribution in [2.45, 2.75) is 307 Å². The van der Waals surface area contributed by atoms with E-state index in [0.29, 0.717) is 12.8 Å². The van der Waals surface area contributed by atoms with Crippen molar-refractivity contribution in [1.29, 1.82) is 0 Å². The van der Waals surface area contributed by atoms with E-state index in [1.54, 1.807) is 0 Å². The van der Waals surface area contributed by atoms with E-state index < -0.39 is 61.5 Å². The Morgan fingerprint density at radius 2 is 0.820 bits per heavy atom. The molecule has 0 spiro atoms. The lowest BCUT2D eigenvalue weighted by molar-refractivity contribution is -0.302. The number of carbonyl (C=O) groups excluding carboxylic acids is 1. The van der Waals surface area contributed by atoms with E-state index in [4.69, 9.17) is 9.47 Å². The highest BCUT2D eigenvalue weighted by Gasteiger charge is 2.44. The van der Waals surface area contributed by atoms with Crippen LogP contribution < -0.4 is 5.32 Å². The summed E-state index contributed by atoms with van der Waals surface area (Å²) in [6.45, 7) is 3.70. The molecule has 8 unspecified atom stereocenters. The molecule has 0 aliphatic carbocycles. The molecule has 1 heterocycles. The van der Waals surface area contributed by atoms with Gasteiger partial charge in [-0.1, -0.05) is 245 Å². The van der Waals surface area contributed by atoms with Gasteiger partial charge in [-0.05, 0) is 12.8 Å². The summed E-state index contributed by atoms with van der Waals surface area (Å²) in [4.78, 5) is 13.1. The predicted molar refractivity (Wildman–Crippen MR) is 250 cm³/mol. The van der Waals surface area contributed by atoms with Crippen molar-refractivity contribution in [2.75, 3.05) is 13.2 Å². The van der Waals surface area contributed by atoms with Gasteiger partial charge in [-0.25, -0.2) is 0 Å². The summed E-state index contributed by atoms with van der Waals surface area (Å²) in [5, 5.41) is 65.0. The van der Waals surface area contributed by atoms with Gasteiger partial charge < -0.3 is 45.4 Å². The Morgan fingerprint density at radius 3 is 1.16 bits per heavy atom. The van der Waals surface area contributed by atoms with Crippen molar-refractivity contribution in [3.8, 4) is 0 Å². The number of aliphatic hydroxyl groups is 6. The Morgan fingerprint density at radius 1 is 0.492 bits per heavy atom. The van der Waals surface area contributed by atoms with Crippen LogP contribution in [-0.2, 0) is 14.3 Å². The van der Waals surface area contributed by atoms with E-state index in [2.05, 4.69) is 19.2 Å². The van der Waals surface area contributed by atoms with Gasteiger partial charge in [0.25, 0.3) is 0 Å². The largest absolute Gasteiger partial charge is 0.394 e. The van der Waals surface area contributed by atoms with Crippen LogP contribution in [0.15, 0.2) is 0 Å². The fourth-order valence-corrected chi connectivity index (χ4v) is 8.76. The number of aliphatic hydroxyl groups excluding tert-OH is 6. The third-order valence-corrected chi connectivity index (χ3v) is 13.1. The highest BCUT2D eigenvalue weighted by atomic mass is 16.7. The Balaban J connectivity index is 2.27. The first kappa shape index (κ1) is 58.2. The zero-order valence-electron chi connectivity index (χ0n) is 39.8. The molecule has 0 aromatic rings. The fraction of sp³-hybridized carbons (Fsp3) is 0.980. The lowest BCUT2D eigenvalue weighted by Gasteiger charge is -2.40. The Bertz CT molecular complexity index is 942. The second-order valence-corrected chi connectivity index (χ2v) is 18.8. The maximum absolute atomic E-state index is 13.1. The SMILES string of the molecule is CCCCCCCCCCCCCCCCCCCCCCCCC(O)C(=O)NC(COC1OC(CO)C(O)C(O)C1O)C(O)CCCCCCCCCCCCCCCC. The molecule has 1 saturated heterocycles. The van der Waals surface area contributed by atoms with Crippen LogP contribution in [0.4, 0.5) is 0 Å². The van der Waals surface area contributed by atoms with E-state index in [1.807, 2.05) is 0 Å². The lowest BCUT2D eigenvalue weighted by atomic mass is 9.99. The van der Waals surface area contributed by atoms with Crippen molar-refractivity contribution < 1.29 is 44.9 Å². The average molecular weight is 872 g/mol. The molecule has 8 atom stereocenters. The minimum Gasteiger partial charge on any atom is -0.394 e. The van der Waals surface area contributed by atoms with E-state index in [-0.39, 0.29) is 6.61 Å². The molecule has 1 aliphatic rings. The van der Waals surface area contributed by atoms with Gasteiger partial charge in [-0.15, -0.1) is 0 Å². The first-order valence-corrected chi connectivity index (χ1v) is 26.3. The maximum Gasteiger partial charge on any atom is 0.249 e. The molecule has 1 rings (SSSR count). The van der Waals surface area contributed by atoms with Gasteiger partial charge in [0.2, 0.25) is 5.91 Å². The average Bonchev–Trinajstić information content (AvgIpc) is 3.26. The molecule has 10 nitrogen and oxygen atoms in total. The van der Waals surface area contributed by atoms with Gasteiger partial charge in [0, 0.05) is 0 Å². The first-order valence-electron chi connectivity index (χ1n) is 26.3. The summed E-state index contributed by atoms with van der Waals surface area (Å²) in [5.74, 6) is -0.578. The Hall–Kier alpha value is -0.850. The summed E-state index contributed by atoms with van der Waals surface area (Å²) < 4.78 is 11.2. The fourth-order valence-electron chi connectivity index (χ4n) is 8.76. The monoisotopic (exact) mass is 872 g/mol. The number of hydrogen-bond acceptors (Lipinski definition) is 9. The number of rotatable bonds is 45. The Kier molecular flexibility index (Phi) is 39.9. The quantitative estimate of drug-likeness (QED) is 0.0295. The van der Waals surface area contributed by atoms with Crippen molar-refractivity contribution in [2.24, 2.45) is 0 Å². The molecule has 0 bridgehead atoms. The van der Waals surface area contributed by atoms with Crippen LogP contribution in [0.2, 0.25) is 0 Å². The number of amides is 1. The van der Waals surface area contributed by atoms with Crippen LogP contribution in [0.25, 0.3) is 0 Å². The van der Waals surface area contributed by atoms with Gasteiger partial charge in [-0.3, -0.25) is 4.79 Å². The van der Waals surface area contributed by atoms with Crippen LogP contribution in [-0.4, -0.2) is 98.7 Å². The van der Waals surface area contributed by atoms with Crippen LogP contribution in [0.1, 0.15) is 258 Å². The zero-order valence-corrected chi connectivity index (χ0v) is 39.8. The van der Waals surface area contributed by atoms with Crippen LogP contribution >= 0.6 is 0 Å². The van der Waals surface area contributed by atoms with Crippen molar-refractivity contribution in [3.05, 3.63) is 0 Å². The molecule has 1 aliphatic heterocycles. The van der Waals surface area contributed by atoms with Gasteiger partial charge in [0.1, 0.15) is 30.5 Å². The molecule has 0 aromatic heterocycles. The standard InChI is InChI=1S/C51H101NO9/c1-3-5-7-9-11-13-15-17-19-20-21-22-23-24-25-26-28-30-32-34-36-38-40-45(55)50(59)52-43(42-60-51-49(58)48(57)47(56)46(41-53)61-51)44(54)39-37-35-33-31-29-27-18-16-14-12-10-8-6-4-2/h43-49,51,53-58H,3-42H2,1-2H3,(H,52,59). The van der Waals surface area contributed by atoms with E-state index in [0.717, 1.165) is 38.5 Å². The third-order valence-electron chi connectivity index (χ3n) is 13.1. The van der Waals surface area contributed by atoms with Crippen LogP contribution in [0.3, 0.4) is 0 Å². The zero-order chi connectivity index (χ0) is 44.6. The molecular weight excluding hydrogens is 771 g/mol. The third kappa shape index (κ3) is 31.6. The molecule has 0 radical (unpaired) electrons. The molecule has 10 heteroatoms. The lowest BCUT2D eigenvalue weighted by Crippen LogP contribution is -2.60. The van der Waals surface area contributed by atoms with Crippen molar-refractivity contribution >= 4 is 5.91 Å². The second-order valence-electron chi connectivity index (χ2n) is 18.8. The van der Waals surface area contributed by atoms with Crippen molar-refractivity contribution in [1.82, 2.24) is 5.32 Å². The van der Waals surface area contributed by atoms with Crippen LogP contribution in [0, 0.1) is 0 Å². The van der Waals surface area contributed by atoms with Gasteiger partial charge in [0.15, 0.2) is 6.29 Å². The normalized spacial score (nSPS) is 20.8. The molecule has 1 fully saturated rings. The molecule has 7 N–H and O–H groups in total. The molecule has 0 aromatic carbocycles. The topological polar surface area (TPSA) is 169 Å². The van der Waals surface area contributed by atoms with Crippen molar-refractivity contribution in [3.63, 3.8) is 0 Å². The number of ether oxygens (including phenoxy) is 2. The van der Waals surface area contributed by atoms with Gasteiger partial charge >= 0.3 is 0 Å². The summed E-state index contributed by atoms with van der Waals surface area (Å²) in [5.41, 5.74) is 0. The molecular formula is C51H101NO9. The van der Waals surface area contributed by atoms with Gasteiger partial charge in [0.05, 0.1) is 25.4 Å². The minimum absolute atomic E-state index is 0.250. The molecule has 61 heavy (non-hydrogen) atoms. The highest BCUT2D eigenvalue weighted by Crippen LogP contribution is 2.23. The van der Waals surface area contributed by atoms with E-state index in [1.165, 1.54) is 193 Å². The summed E-state index contributed by atoms with van der Waals surface area (Å²) >= 11 is 0.